The van der Waals surface area contributed by atoms with Crippen molar-refractivity contribution < 1.29 is 5.11 Å². The summed E-state index contributed by atoms with van der Waals surface area (Å²) in [6.07, 6.45) is 7.17. The van der Waals surface area contributed by atoms with E-state index in [2.05, 4.69) is 43.4 Å². The largest absolute Gasteiger partial charge is 0.396 e. The Kier molecular flexibility index (Phi) is 13.1. The second-order valence-electron chi connectivity index (χ2n) is 7.23. The van der Waals surface area contributed by atoms with E-state index in [0.29, 0.717) is 6.04 Å². The van der Waals surface area contributed by atoms with Crippen LogP contribution in [0.1, 0.15) is 59.3 Å². The normalized spacial score (nSPS) is 17.7. The summed E-state index contributed by atoms with van der Waals surface area (Å²) in [6.45, 7) is 10.4. The minimum Gasteiger partial charge on any atom is -0.396 e. The summed E-state index contributed by atoms with van der Waals surface area (Å²) in [4.78, 5) is 7.16. The molecule has 0 aromatic rings. The van der Waals surface area contributed by atoms with Gasteiger partial charge in [0.05, 0.1) is 0 Å². The Hall–Kier alpha value is -0.0800. The van der Waals surface area contributed by atoms with Crippen molar-refractivity contribution in [2.75, 3.05) is 39.8 Å². The number of likely N-dealkylation sites (N-methyl/N-ethyl adjacent to an activating group) is 1. The van der Waals surface area contributed by atoms with Gasteiger partial charge in [0.1, 0.15) is 0 Å². The van der Waals surface area contributed by atoms with E-state index in [4.69, 9.17) is 4.99 Å². The van der Waals surface area contributed by atoms with Crippen LogP contribution in [0.15, 0.2) is 4.99 Å². The molecule has 0 amide bonds. The van der Waals surface area contributed by atoms with Crippen LogP contribution in [-0.4, -0.2) is 61.8 Å². The number of nitrogens with one attached hydrogen (secondary N) is 2. The van der Waals surface area contributed by atoms with Gasteiger partial charge in [-0.05, 0) is 52.5 Å². The molecule has 0 radical (unpaired) electrons. The maximum absolute atomic E-state index is 9.42. The summed E-state index contributed by atoms with van der Waals surface area (Å²) in [5.74, 6) is 0.910. The Labute approximate surface area is 166 Å². The molecule has 3 N–H and O–H groups in total. The van der Waals surface area contributed by atoms with E-state index in [1.807, 2.05) is 0 Å². The molecule has 0 unspecified atom stereocenters. The first-order valence-corrected chi connectivity index (χ1v) is 9.36. The van der Waals surface area contributed by atoms with Crippen LogP contribution in [0.4, 0.5) is 0 Å². The van der Waals surface area contributed by atoms with Gasteiger partial charge in [-0.15, -0.1) is 24.0 Å². The first-order valence-electron chi connectivity index (χ1n) is 9.36. The zero-order valence-corrected chi connectivity index (χ0v) is 18.4. The predicted octanol–water partition coefficient (Wildman–Crippen LogP) is 2.83. The molecular weight excluding hydrogens is 415 g/mol. The molecule has 0 saturated heterocycles. The van der Waals surface area contributed by atoms with E-state index >= 15 is 0 Å². The van der Waals surface area contributed by atoms with Gasteiger partial charge in [-0.1, -0.05) is 19.3 Å². The fraction of sp³-hybridized carbons (Fsp3) is 0.944. The zero-order chi connectivity index (χ0) is 17.1. The predicted molar refractivity (Wildman–Crippen MR) is 114 cm³/mol. The smallest absolute Gasteiger partial charge is 0.191 e. The third kappa shape index (κ3) is 8.85. The van der Waals surface area contributed by atoms with E-state index in [-0.39, 0.29) is 36.0 Å². The number of nitrogens with zero attached hydrogens (tertiary/aromatic N) is 2. The number of aliphatic hydroxyl groups is 1. The number of halogens is 1. The first-order chi connectivity index (χ1) is 11.0. The quantitative estimate of drug-likeness (QED) is 0.285. The SMILES string of the molecule is CCNC(=NCC1(CCO)CCCCC1)NCCN(C)C(C)C.I. The second kappa shape index (κ2) is 13.2. The Balaban J connectivity index is 0.00000529. The highest BCUT2D eigenvalue weighted by atomic mass is 127. The van der Waals surface area contributed by atoms with E-state index in [9.17, 15) is 5.11 Å². The van der Waals surface area contributed by atoms with Gasteiger partial charge in [-0.2, -0.15) is 0 Å². The first kappa shape index (κ1) is 23.9. The maximum Gasteiger partial charge on any atom is 0.191 e. The van der Waals surface area contributed by atoms with Gasteiger partial charge >= 0.3 is 0 Å². The Morgan fingerprint density at radius 2 is 1.88 bits per heavy atom. The van der Waals surface area contributed by atoms with Crippen molar-refractivity contribution in [2.24, 2.45) is 10.4 Å². The Morgan fingerprint density at radius 1 is 1.21 bits per heavy atom. The molecule has 0 atom stereocenters. The molecule has 0 spiro atoms. The van der Waals surface area contributed by atoms with Gasteiger partial charge in [0.15, 0.2) is 5.96 Å². The lowest BCUT2D eigenvalue weighted by atomic mass is 9.72. The van der Waals surface area contributed by atoms with E-state index in [1.54, 1.807) is 0 Å². The number of hydrogen-bond donors (Lipinski definition) is 3. The number of aliphatic imine (C=N–C) groups is 1. The van der Waals surface area contributed by atoms with Gasteiger partial charge in [-0.25, -0.2) is 0 Å². The van der Waals surface area contributed by atoms with Crippen molar-refractivity contribution in [2.45, 2.75) is 65.3 Å². The van der Waals surface area contributed by atoms with Crippen molar-refractivity contribution in [1.29, 1.82) is 0 Å². The lowest BCUT2D eigenvalue weighted by Gasteiger charge is -2.35. The molecule has 0 aromatic carbocycles. The minimum absolute atomic E-state index is 0. The summed E-state index contributed by atoms with van der Waals surface area (Å²) in [7, 11) is 2.15. The van der Waals surface area contributed by atoms with Gasteiger partial charge in [0, 0.05) is 38.8 Å². The molecule has 0 aromatic heterocycles. The molecule has 1 aliphatic carbocycles. The maximum atomic E-state index is 9.42. The number of hydrogen-bond acceptors (Lipinski definition) is 3. The third-order valence-corrected chi connectivity index (χ3v) is 5.11. The van der Waals surface area contributed by atoms with Crippen LogP contribution in [0.2, 0.25) is 0 Å². The molecule has 1 saturated carbocycles. The lowest BCUT2D eigenvalue weighted by molar-refractivity contribution is 0.137. The molecule has 1 rings (SSSR count). The lowest BCUT2D eigenvalue weighted by Crippen LogP contribution is -2.43. The van der Waals surface area contributed by atoms with Gasteiger partial charge in [-0.3, -0.25) is 4.99 Å². The molecule has 5 nitrogen and oxygen atoms in total. The number of aliphatic hydroxyl groups excluding tert-OH is 1. The average Bonchev–Trinajstić information content (AvgIpc) is 2.53. The number of rotatable bonds is 9. The molecule has 0 bridgehead atoms. The van der Waals surface area contributed by atoms with Crippen LogP contribution in [0.25, 0.3) is 0 Å². The fourth-order valence-electron chi connectivity index (χ4n) is 3.22. The van der Waals surface area contributed by atoms with Crippen LogP contribution < -0.4 is 10.6 Å². The van der Waals surface area contributed by atoms with Crippen LogP contribution in [0.5, 0.6) is 0 Å². The molecule has 0 aliphatic heterocycles. The zero-order valence-electron chi connectivity index (χ0n) is 16.1. The molecule has 1 aliphatic rings. The van der Waals surface area contributed by atoms with E-state index < -0.39 is 0 Å². The molecule has 24 heavy (non-hydrogen) atoms. The van der Waals surface area contributed by atoms with Crippen molar-refractivity contribution in [3.05, 3.63) is 0 Å². The number of guanidine groups is 1. The second-order valence-corrected chi connectivity index (χ2v) is 7.23. The van der Waals surface area contributed by atoms with Crippen LogP contribution in [0, 0.1) is 5.41 Å². The van der Waals surface area contributed by atoms with Crippen molar-refractivity contribution in [3.63, 3.8) is 0 Å². The highest BCUT2D eigenvalue weighted by molar-refractivity contribution is 14.0. The van der Waals surface area contributed by atoms with E-state index in [1.165, 1.54) is 32.1 Å². The average molecular weight is 454 g/mol. The summed E-state index contributed by atoms with van der Waals surface area (Å²) in [5, 5.41) is 16.2. The highest BCUT2D eigenvalue weighted by Gasteiger charge is 2.31. The Morgan fingerprint density at radius 3 is 2.42 bits per heavy atom. The summed E-state index contributed by atoms with van der Waals surface area (Å²) in [6, 6.07) is 0.561. The highest BCUT2D eigenvalue weighted by Crippen LogP contribution is 2.39. The monoisotopic (exact) mass is 454 g/mol. The van der Waals surface area contributed by atoms with Gasteiger partial charge < -0.3 is 20.6 Å². The topological polar surface area (TPSA) is 59.9 Å². The van der Waals surface area contributed by atoms with Gasteiger partial charge in [0.2, 0.25) is 0 Å². The molecular formula is C18H39IN4O. The minimum atomic E-state index is 0. The van der Waals surface area contributed by atoms with Crippen LogP contribution >= 0.6 is 24.0 Å². The molecule has 1 fully saturated rings. The van der Waals surface area contributed by atoms with E-state index in [0.717, 1.165) is 38.6 Å². The van der Waals surface area contributed by atoms with Crippen LogP contribution in [-0.2, 0) is 0 Å². The van der Waals surface area contributed by atoms with Crippen molar-refractivity contribution in [1.82, 2.24) is 15.5 Å². The molecule has 6 heteroatoms. The summed E-state index contributed by atoms with van der Waals surface area (Å²) >= 11 is 0. The van der Waals surface area contributed by atoms with Crippen LogP contribution in [0.3, 0.4) is 0 Å². The summed E-state index contributed by atoms with van der Waals surface area (Å²) < 4.78 is 0. The van der Waals surface area contributed by atoms with Crippen molar-refractivity contribution >= 4 is 29.9 Å². The summed E-state index contributed by atoms with van der Waals surface area (Å²) in [5.41, 5.74) is 0.212. The fourth-order valence-corrected chi connectivity index (χ4v) is 3.22. The standard InChI is InChI=1S/C18H38N4O.HI/c1-5-19-17(20-12-13-22(4)16(2)3)21-15-18(11-14-23)9-7-6-8-10-18;/h16,23H,5-15H2,1-4H3,(H2,19,20,21);1H. The molecule has 144 valence electrons. The van der Waals surface area contributed by atoms with Crippen molar-refractivity contribution in [3.8, 4) is 0 Å². The molecule has 0 heterocycles. The Bertz CT molecular complexity index is 338. The third-order valence-electron chi connectivity index (χ3n) is 5.11. The van der Waals surface area contributed by atoms with Gasteiger partial charge in [0.25, 0.3) is 0 Å².